The maximum atomic E-state index is 12.8. The number of quaternary nitrogens is 1. The van der Waals surface area contributed by atoms with E-state index < -0.39 is 32.5 Å². The van der Waals surface area contributed by atoms with Gasteiger partial charge in [0.25, 0.3) is 7.82 Å². The zero-order valence-electron chi connectivity index (χ0n) is 50.3. The first-order valence-corrected chi connectivity index (χ1v) is 32.4. The highest BCUT2D eigenvalue weighted by Gasteiger charge is 2.22. The summed E-state index contributed by atoms with van der Waals surface area (Å²) in [6.07, 6.45) is 83.6. The Kier molecular flexibility index (Phi) is 55.0. The fourth-order valence-electron chi connectivity index (χ4n) is 7.98. The third-order valence-corrected chi connectivity index (χ3v) is 13.6. The fourth-order valence-corrected chi connectivity index (χ4v) is 8.71. The summed E-state index contributed by atoms with van der Waals surface area (Å²) < 4.78 is 34.2. The number of esters is 2. The molecule has 0 aromatic carbocycles. The molecule has 9 nitrogen and oxygen atoms in total. The maximum absolute atomic E-state index is 12.8. The van der Waals surface area contributed by atoms with Crippen molar-refractivity contribution in [2.45, 2.75) is 238 Å². The SMILES string of the molecule is CC/C=C\C/C=C\C/C=C\C/C=C\C/C=C\C/C=C\C/C=C\CCCCCCCC(=O)OC(COC(=O)CCCCCCCCCCCCCCCC/C=C\C/C=C\C/C=C\C/C=C\CC)COP(=O)([O-])OCC[N+](C)(C)C. The van der Waals surface area contributed by atoms with E-state index >= 15 is 0 Å². The van der Waals surface area contributed by atoms with Crippen molar-refractivity contribution < 1.29 is 42.1 Å². The lowest BCUT2D eigenvalue weighted by atomic mass is 10.0. The molecule has 0 fully saturated rings. The summed E-state index contributed by atoms with van der Waals surface area (Å²) in [5.41, 5.74) is 0. The van der Waals surface area contributed by atoms with Crippen molar-refractivity contribution in [1.82, 2.24) is 0 Å². The number of allylic oxidation sites excluding steroid dienone is 22. The number of carbonyl (C=O) groups is 2. The lowest BCUT2D eigenvalue weighted by Crippen LogP contribution is -2.37. The van der Waals surface area contributed by atoms with Gasteiger partial charge in [-0.15, -0.1) is 0 Å². The predicted molar refractivity (Wildman–Crippen MR) is 332 cm³/mol. The Labute approximate surface area is 479 Å². The van der Waals surface area contributed by atoms with E-state index in [2.05, 4.69) is 148 Å². The highest BCUT2D eigenvalue weighted by Crippen LogP contribution is 2.38. The Morgan fingerprint density at radius 1 is 0.397 bits per heavy atom. The van der Waals surface area contributed by atoms with Crippen molar-refractivity contribution in [3.05, 3.63) is 134 Å². The molecule has 444 valence electrons. The topological polar surface area (TPSA) is 111 Å². The van der Waals surface area contributed by atoms with Crippen molar-refractivity contribution >= 4 is 19.8 Å². The van der Waals surface area contributed by atoms with E-state index in [1.165, 1.54) is 77.0 Å². The molecule has 0 aliphatic rings. The monoisotopic (exact) mass is 1100 g/mol. The molecule has 10 heteroatoms. The molecule has 0 N–H and O–H groups in total. The third kappa shape index (κ3) is 61.4. The zero-order valence-corrected chi connectivity index (χ0v) is 51.2. The van der Waals surface area contributed by atoms with E-state index in [4.69, 9.17) is 18.5 Å². The Balaban J connectivity index is 4.21. The predicted octanol–water partition coefficient (Wildman–Crippen LogP) is 19.1. The molecule has 0 radical (unpaired) electrons. The van der Waals surface area contributed by atoms with E-state index in [9.17, 15) is 19.0 Å². The maximum Gasteiger partial charge on any atom is 0.306 e. The average molecular weight is 1100 g/mol. The molecule has 0 saturated carbocycles. The minimum Gasteiger partial charge on any atom is -0.756 e. The second-order valence-electron chi connectivity index (χ2n) is 21.3. The zero-order chi connectivity index (χ0) is 57.0. The summed E-state index contributed by atoms with van der Waals surface area (Å²) in [7, 11) is 1.13. The van der Waals surface area contributed by atoms with Gasteiger partial charge in [0.05, 0.1) is 27.7 Å². The van der Waals surface area contributed by atoms with Gasteiger partial charge in [-0.05, 0) is 109 Å². The van der Waals surface area contributed by atoms with Crippen molar-refractivity contribution in [1.29, 1.82) is 0 Å². The second kappa shape index (κ2) is 57.8. The van der Waals surface area contributed by atoms with Gasteiger partial charge in [-0.2, -0.15) is 0 Å². The molecule has 0 spiro atoms. The molecule has 0 bridgehead atoms. The first-order chi connectivity index (χ1) is 38.0. The van der Waals surface area contributed by atoms with Crippen LogP contribution in [0, 0.1) is 0 Å². The summed E-state index contributed by atoms with van der Waals surface area (Å²) in [6, 6.07) is 0. The number of phosphoric acid groups is 1. The van der Waals surface area contributed by atoms with E-state index in [0.717, 1.165) is 122 Å². The van der Waals surface area contributed by atoms with E-state index in [1.54, 1.807) is 0 Å². The Morgan fingerprint density at radius 3 is 1.03 bits per heavy atom. The number of likely N-dealkylation sites (N-methyl/N-ethyl adjacent to an activating group) is 1. The molecule has 78 heavy (non-hydrogen) atoms. The van der Waals surface area contributed by atoms with Crippen LogP contribution in [0.5, 0.6) is 0 Å². The van der Waals surface area contributed by atoms with Gasteiger partial charge in [-0.1, -0.05) is 244 Å². The molecule has 0 aliphatic carbocycles. The van der Waals surface area contributed by atoms with Crippen LogP contribution in [0.4, 0.5) is 0 Å². The Bertz CT molecular complexity index is 1780. The summed E-state index contributed by atoms with van der Waals surface area (Å²) in [5.74, 6) is -0.863. The van der Waals surface area contributed by atoms with Gasteiger partial charge in [0.15, 0.2) is 6.10 Å². The molecule has 0 aromatic heterocycles. The van der Waals surface area contributed by atoms with E-state index in [0.29, 0.717) is 17.4 Å². The summed E-state index contributed by atoms with van der Waals surface area (Å²) in [5, 5.41) is 0. The molecular weight excluding hydrogens is 990 g/mol. The third-order valence-electron chi connectivity index (χ3n) is 12.7. The van der Waals surface area contributed by atoms with Crippen LogP contribution in [-0.4, -0.2) is 70.0 Å². The number of carbonyl (C=O) groups excluding carboxylic acids is 2. The highest BCUT2D eigenvalue weighted by atomic mass is 31.2. The number of hydrogen-bond acceptors (Lipinski definition) is 8. The van der Waals surface area contributed by atoms with Crippen LogP contribution < -0.4 is 4.89 Å². The van der Waals surface area contributed by atoms with Crippen LogP contribution in [0.2, 0.25) is 0 Å². The molecule has 0 amide bonds. The largest absolute Gasteiger partial charge is 0.756 e. The lowest BCUT2D eigenvalue weighted by Gasteiger charge is -2.28. The number of ether oxygens (including phenoxy) is 2. The Hall–Kier alpha value is -3.85. The Morgan fingerprint density at radius 2 is 0.692 bits per heavy atom. The van der Waals surface area contributed by atoms with Gasteiger partial charge in [-0.25, -0.2) is 0 Å². The van der Waals surface area contributed by atoms with Crippen LogP contribution in [0.15, 0.2) is 134 Å². The second-order valence-corrected chi connectivity index (χ2v) is 22.7. The van der Waals surface area contributed by atoms with Gasteiger partial charge in [0, 0.05) is 12.8 Å². The number of nitrogens with zero attached hydrogens (tertiary/aromatic N) is 1. The number of unbranched alkanes of at least 4 members (excludes halogenated alkanes) is 19. The average Bonchev–Trinajstić information content (AvgIpc) is 3.41. The van der Waals surface area contributed by atoms with Crippen molar-refractivity contribution in [2.75, 3.05) is 47.5 Å². The lowest BCUT2D eigenvalue weighted by molar-refractivity contribution is -0.870. The van der Waals surface area contributed by atoms with Crippen LogP contribution in [0.3, 0.4) is 0 Å². The normalized spacial score (nSPS) is 14.2. The minimum atomic E-state index is -4.65. The quantitative estimate of drug-likeness (QED) is 0.0195. The fraction of sp³-hybridized carbons (Fsp3) is 0.647. The highest BCUT2D eigenvalue weighted by molar-refractivity contribution is 7.45. The van der Waals surface area contributed by atoms with E-state index in [1.807, 2.05) is 21.1 Å². The number of phosphoric ester groups is 1. The molecule has 0 aliphatic heterocycles. The standard InChI is InChI=1S/C68H114NO8P/c1-6-8-10-12-14-16-18-20-22-24-26-28-30-32-34-36-38-40-42-44-46-48-50-52-54-56-58-60-67(70)74-64-66(65-76-78(72,73)75-63-62-69(3,4)5)77-68(71)61-59-57-55-53-51-49-47-45-43-41-39-37-35-33-31-29-27-25-23-21-19-17-15-13-11-9-7-2/h8-11,14-17,20-23,26-29,33,35,39,41,45,47,66H,6-7,12-13,18-19,24-25,30-32,34,36-38,40,42-44,46,48-65H2,1-5H3/b10-8-,11-9-,16-14-,17-15-,22-20-,23-21-,28-26-,29-27-,35-33-,41-39-,47-45-. The first-order valence-electron chi connectivity index (χ1n) is 30.9. The van der Waals surface area contributed by atoms with E-state index in [-0.39, 0.29) is 26.1 Å². The number of rotatable bonds is 55. The smallest absolute Gasteiger partial charge is 0.306 e. The minimum absolute atomic E-state index is 0.0420. The summed E-state index contributed by atoms with van der Waals surface area (Å²) >= 11 is 0. The summed E-state index contributed by atoms with van der Waals surface area (Å²) in [4.78, 5) is 38.0. The number of hydrogen-bond donors (Lipinski definition) is 0. The van der Waals surface area contributed by atoms with Crippen LogP contribution >= 0.6 is 7.82 Å². The van der Waals surface area contributed by atoms with Gasteiger partial charge in [0.1, 0.15) is 19.8 Å². The molecule has 0 saturated heterocycles. The molecule has 2 atom stereocenters. The van der Waals surface area contributed by atoms with Gasteiger partial charge in [-0.3, -0.25) is 14.2 Å². The van der Waals surface area contributed by atoms with Crippen molar-refractivity contribution in [2.24, 2.45) is 0 Å². The van der Waals surface area contributed by atoms with Crippen LogP contribution in [0.1, 0.15) is 232 Å². The van der Waals surface area contributed by atoms with Crippen molar-refractivity contribution in [3.8, 4) is 0 Å². The molecule has 0 rings (SSSR count). The molecule has 0 aromatic rings. The summed E-state index contributed by atoms with van der Waals surface area (Å²) in [6.45, 7) is 3.98. The van der Waals surface area contributed by atoms with Gasteiger partial charge in [0.2, 0.25) is 0 Å². The first kappa shape index (κ1) is 74.2. The molecule has 0 heterocycles. The van der Waals surface area contributed by atoms with Crippen molar-refractivity contribution in [3.63, 3.8) is 0 Å². The molecular formula is C68H114NO8P. The van der Waals surface area contributed by atoms with Crippen LogP contribution in [0.25, 0.3) is 0 Å². The van der Waals surface area contributed by atoms with Crippen LogP contribution in [-0.2, 0) is 32.7 Å². The molecule has 2 unspecified atom stereocenters. The van der Waals surface area contributed by atoms with Gasteiger partial charge < -0.3 is 27.9 Å². The van der Waals surface area contributed by atoms with Gasteiger partial charge >= 0.3 is 11.9 Å².